The van der Waals surface area contributed by atoms with Crippen molar-refractivity contribution in [2.75, 3.05) is 24.5 Å². The van der Waals surface area contributed by atoms with Crippen molar-refractivity contribution in [1.29, 1.82) is 0 Å². The molecule has 1 aromatic carbocycles. The Balaban J connectivity index is 1.37. The molecule has 158 valence electrons. The first-order valence-corrected chi connectivity index (χ1v) is 11.0. The number of benzene rings is 1. The molecule has 0 spiro atoms. The van der Waals surface area contributed by atoms with Gasteiger partial charge in [-0.3, -0.25) is 4.68 Å². The standard InChI is InChI=1S/C23H22ClFN6/c1-30-10-15-5-14(6-19(25)22(15)29-30)20-8-18(24)17-7-16(9-27-23(17)28-20)31-11-13-3-2-4-26-21(13)12-31/h5-10,13,21,26H,2-4,11-12H2,1H3/t13-,21+/m0/s1. The minimum Gasteiger partial charge on any atom is -0.368 e. The topological polar surface area (TPSA) is 58.9 Å². The van der Waals surface area contributed by atoms with Crippen molar-refractivity contribution in [3.63, 3.8) is 0 Å². The van der Waals surface area contributed by atoms with E-state index in [1.54, 1.807) is 24.0 Å². The molecular formula is C23H22ClFN6. The number of aryl methyl sites for hydroxylation is 1. The summed E-state index contributed by atoms with van der Waals surface area (Å²) >= 11 is 6.65. The van der Waals surface area contributed by atoms with E-state index in [0.29, 0.717) is 39.4 Å². The number of nitrogens with one attached hydrogen (secondary N) is 1. The van der Waals surface area contributed by atoms with Crippen LogP contribution in [0, 0.1) is 11.7 Å². The molecule has 6 nitrogen and oxygen atoms in total. The molecule has 2 fully saturated rings. The van der Waals surface area contributed by atoms with Gasteiger partial charge >= 0.3 is 0 Å². The first-order chi connectivity index (χ1) is 15.0. The van der Waals surface area contributed by atoms with E-state index in [9.17, 15) is 4.39 Å². The number of aromatic nitrogens is 4. The van der Waals surface area contributed by atoms with Crippen LogP contribution in [0.15, 0.2) is 36.7 Å². The second-order valence-corrected chi connectivity index (χ2v) is 9.03. The van der Waals surface area contributed by atoms with Crippen LogP contribution in [-0.4, -0.2) is 45.4 Å². The highest BCUT2D eigenvalue weighted by atomic mass is 35.5. The van der Waals surface area contributed by atoms with Crippen molar-refractivity contribution in [1.82, 2.24) is 25.1 Å². The lowest BCUT2D eigenvalue weighted by molar-refractivity contribution is 0.340. The number of anilines is 1. The average Bonchev–Trinajstić information content (AvgIpc) is 3.36. The number of nitrogens with zero attached hydrogens (tertiary/aromatic N) is 5. The van der Waals surface area contributed by atoms with Gasteiger partial charge in [0.1, 0.15) is 5.52 Å². The summed E-state index contributed by atoms with van der Waals surface area (Å²) in [4.78, 5) is 11.7. The van der Waals surface area contributed by atoms with Crippen LogP contribution in [0.5, 0.6) is 0 Å². The number of rotatable bonds is 2. The molecule has 0 bridgehead atoms. The number of piperidine rings is 1. The molecular weight excluding hydrogens is 415 g/mol. The molecule has 1 N–H and O–H groups in total. The highest BCUT2D eigenvalue weighted by Crippen LogP contribution is 2.34. The lowest BCUT2D eigenvalue weighted by Gasteiger charge is -2.24. The van der Waals surface area contributed by atoms with Gasteiger partial charge in [-0.15, -0.1) is 0 Å². The summed E-state index contributed by atoms with van der Waals surface area (Å²) in [7, 11) is 1.77. The van der Waals surface area contributed by atoms with Crippen LogP contribution in [0.1, 0.15) is 12.8 Å². The molecule has 8 heteroatoms. The van der Waals surface area contributed by atoms with E-state index in [1.807, 2.05) is 12.3 Å². The predicted octanol–water partition coefficient (Wildman–Crippen LogP) is 4.16. The van der Waals surface area contributed by atoms with Gasteiger partial charge in [-0.2, -0.15) is 5.10 Å². The Hall–Kier alpha value is -2.77. The average molecular weight is 437 g/mol. The molecule has 2 aliphatic rings. The number of fused-ring (bicyclic) bond motifs is 3. The molecule has 5 heterocycles. The Morgan fingerprint density at radius 1 is 1.19 bits per heavy atom. The minimum absolute atomic E-state index is 0.349. The predicted molar refractivity (Wildman–Crippen MR) is 121 cm³/mol. The van der Waals surface area contributed by atoms with E-state index < -0.39 is 0 Å². The van der Waals surface area contributed by atoms with E-state index in [0.717, 1.165) is 36.1 Å². The van der Waals surface area contributed by atoms with Gasteiger partial charge < -0.3 is 10.2 Å². The zero-order valence-electron chi connectivity index (χ0n) is 17.1. The third-order valence-corrected chi connectivity index (χ3v) is 6.85. The quantitative estimate of drug-likeness (QED) is 0.511. The monoisotopic (exact) mass is 436 g/mol. The van der Waals surface area contributed by atoms with Crippen molar-refractivity contribution in [3.8, 4) is 11.3 Å². The van der Waals surface area contributed by atoms with Crippen molar-refractivity contribution in [3.05, 3.63) is 47.5 Å². The lowest BCUT2D eigenvalue weighted by atomic mass is 9.94. The van der Waals surface area contributed by atoms with Crippen LogP contribution < -0.4 is 10.2 Å². The Kier molecular flexibility index (Phi) is 4.36. The maximum Gasteiger partial charge on any atom is 0.161 e. The minimum atomic E-state index is -0.376. The second kappa shape index (κ2) is 7.14. The van der Waals surface area contributed by atoms with Gasteiger partial charge in [0.05, 0.1) is 22.6 Å². The molecule has 0 aliphatic carbocycles. The van der Waals surface area contributed by atoms with Gasteiger partial charge in [-0.1, -0.05) is 11.6 Å². The smallest absolute Gasteiger partial charge is 0.161 e. The van der Waals surface area contributed by atoms with E-state index in [4.69, 9.17) is 11.6 Å². The van der Waals surface area contributed by atoms with E-state index >= 15 is 0 Å². The van der Waals surface area contributed by atoms with Gasteiger partial charge in [0, 0.05) is 48.7 Å². The Morgan fingerprint density at radius 2 is 2.10 bits per heavy atom. The van der Waals surface area contributed by atoms with Crippen LogP contribution in [0.4, 0.5) is 10.1 Å². The highest BCUT2D eigenvalue weighted by Gasteiger charge is 2.34. The highest BCUT2D eigenvalue weighted by molar-refractivity contribution is 6.35. The number of hydrogen-bond acceptors (Lipinski definition) is 5. The largest absolute Gasteiger partial charge is 0.368 e. The third-order valence-electron chi connectivity index (χ3n) is 6.54. The van der Waals surface area contributed by atoms with E-state index in [1.165, 1.54) is 18.9 Å². The Morgan fingerprint density at radius 3 is 2.97 bits per heavy atom. The lowest BCUT2D eigenvalue weighted by Crippen LogP contribution is -2.40. The normalized spacial score (nSPS) is 21.2. The van der Waals surface area contributed by atoms with Crippen LogP contribution >= 0.6 is 11.6 Å². The van der Waals surface area contributed by atoms with Crippen LogP contribution in [-0.2, 0) is 7.05 Å². The molecule has 0 radical (unpaired) electrons. The zero-order valence-corrected chi connectivity index (χ0v) is 17.9. The first-order valence-electron chi connectivity index (χ1n) is 10.6. The molecule has 4 aromatic rings. The van der Waals surface area contributed by atoms with Gasteiger partial charge in [0.15, 0.2) is 11.5 Å². The van der Waals surface area contributed by atoms with Crippen molar-refractivity contribution in [2.45, 2.75) is 18.9 Å². The van der Waals surface area contributed by atoms with Crippen molar-refractivity contribution in [2.24, 2.45) is 13.0 Å². The second-order valence-electron chi connectivity index (χ2n) is 8.62. The Labute approximate surface area is 184 Å². The fourth-order valence-corrected chi connectivity index (χ4v) is 5.24. The molecule has 0 unspecified atom stereocenters. The fraction of sp³-hybridized carbons (Fsp3) is 0.348. The van der Waals surface area contributed by atoms with E-state index in [-0.39, 0.29) is 5.82 Å². The van der Waals surface area contributed by atoms with Crippen molar-refractivity contribution >= 4 is 39.2 Å². The van der Waals surface area contributed by atoms with Gasteiger partial charge in [-0.05, 0) is 49.6 Å². The molecule has 0 saturated carbocycles. The fourth-order valence-electron chi connectivity index (χ4n) is 4.99. The molecule has 0 amide bonds. The molecule has 31 heavy (non-hydrogen) atoms. The molecule has 6 rings (SSSR count). The van der Waals surface area contributed by atoms with Crippen LogP contribution in [0.3, 0.4) is 0 Å². The van der Waals surface area contributed by atoms with Gasteiger partial charge in [-0.25, -0.2) is 14.4 Å². The van der Waals surface area contributed by atoms with Gasteiger partial charge in [0.2, 0.25) is 0 Å². The summed E-state index contributed by atoms with van der Waals surface area (Å²) in [5.74, 6) is 0.316. The zero-order chi connectivity index (χ0) is 21.1. The summed E-state index contributed by atoms with van der Waals surface area (Å²) in [6, 6.07) is 7.75. The summed E-state index contributed by atoms with van der Waals surface area (Å²) in [6.07, 6.45) is 6.18. The number of halogens is 2. The molecule has 2 atom stereocenters. The maximum absolute atomic E-state index is 14.5. The first kappa shape index (κ1) is 19.0. The third kappa shape index (κ3) is 3.23. The molecule has 2 aliphatic heterocycles. The maximum atomic E-state index is 14.5. The number of pyridine rings is 2. The number of hydrogen-bond donors (Lipinski definition) is 1. The molecule has 2 saturated heterocycles. The SMILES string of the molecule is Cn1cc2cc(-c3cc(Cl)c4cc(N5C[C@@H]6CCCN[C@@H]6C5)cnc4n3)cc(F)c2n1. The summed E-state index contributed by atoms with van der Waals surface area (Å²) in [6.45, 7) is 3.14. The summed E-state index contributed by atoms with van der Waals surface area (Å²) < 4.78 is 16.2. The van der Waals surface area contributed by atoms with Crippen LogP contribution in [0.25, 0.3) is 33.2 Å². The summed E-state index contributed by atoms with van der Waals surface area (Å²) in [5.41, 5.74) is 3.23. The van der Waals surface area contributed by atoms with E-state index in [2.05, 4.69) is 31.3 Å². The summed E-state index contributed by atoms with van der Waals surface area (Å²) in [5, 5.41) is 9.90. The Bertz CT molecular complexity index is 1300. The molecule has 3 aromatic heterocycles. The van der Waals surface area contributed by atoms with Crippen LogP contribution in [0.2, 0.25) is 5.02 Å². The van der Waals surface area contributed by atoms with Gasteiger partial charge in [0.25, 0.3) is 0 Å². The van der Waals surface area contributed by atoms with Crippen molar-refractivity contribution < 1.29 is 4.39 Å².